The molecule has 0 heterocycles. The molecule has 1 rings (SSSR count). The quantitative estimate of drug-likeness (QED) is 0.803. The van der Waals surface area contributed by atoms with Gasteiger partial charge in [-0.1, -0.05) is 59.7 Å². The van der Waals surface area contributed by atoms with Crippen LogP contribution in [0.25, 0.3) is 0 Å². The van der Waals surface area contributed by atoms with Gasteiger partial charge in [-0.2, -0.15) is 0 Å². The Hall–Kier alpha value is -1.51. The Balaban J connectivity index is 2.99. The van der Waals surface area contributed by atoms with Crippen molar-refractivity contribution >= 4 is 11.7 Å². The molecule has 0 radical (unpaired) electrons. The highest BCUT2D eigenvalue weighted by atomic mass is 16.2. The summed E-state index contributed by atoms with van der Waals surface area (Å²) in [6.45, 7) is 13.5. The molecular weight excluding hydrogens is 248 g/mol. The van der Waals surface area contributed by atoms with Crippen LogP contribution < -0.4 is 10.6 Å². The average molecular weight is 276 g/mol. The van der Waals surface area contributed by atoms with Gasteiger partial charge in [0.1, 0.15) is 0 Å². The van der Waals surface area contributed by atoms with Crippen molar-refractivity contribution in [3.63, 3.8) is 0 Å². The Morgan fingerprint density at radius 1 is 1.00 bits per heavy atom. The molecule has 0 aliphatic rings. The third-order valence-corrected chi connectivity index (χ3v) is 3.28. The highest BCUT2D eigenvalue weighted by molar-refractivity contribution is 5.91. The molecule has 1 aromatic rings. The molecule has 1 aromatic carbocycles. The number of rotatable bonds is 5. The lowest BCUT2D eigenvalue weighted by molar-refractivity contribution is 0.251. The smallest absolute Gasteiger partial charge is 0.319 e. The highest BCUT2D eigenvalue weighted by Crippen LogP contribution is 2.32. The minimum Gasteiger partial charge on any atom is -0.338 e. The van der Waals surface area contributed by atoms with E-state index in [2.05, 4.69) is 70.4 Å². The van der Waals surface area contributed by atoms with Crippen LogP contribution in [-0.2, 0) is 0 Å². The van der Waals surface area contributed by atoms with E-state index in [9.17, 15) is 4.79 Å². The molecule has 0 aromatic heterocycles. The van der Waals surface area contributed by atoms with Crippen molar-refractivity contribution in [3.05, 3.63) is 29.3 Å². The maximum atomic E-state index is 12.0. The molecule has 0 aliphatic carbocycles. The van der Waals surface area contributed by atoms with Crippen LogP contribution in [0.1, 0.15) is 64.5 Å². The minimum absolute atomic E-state index is 0.117. The summed E-state index contributed by atoms with van der Waals surface area (Å²) < 4.78 is 0. The van der Waals surface area contributed by atoms with Crippen molar-refractivity contribution in [1.29, 1.82) is 0 Å². The van der Waals surface area contributed by atoms with Gasteiger partial charge in [0.05, 0.1) is 0 Å². The Morgan fingerprint density at radius 3 is 1.90 bits per heavy atom. The van der Waals surface area contributed by atoms with Crippen molar-refractivity contribution in [2.45, 2.75) is 53.4 Å². The first-order valence-electron chi connectivity index (χ1n) is 7.50. The molecule has 0 spiro atoms. The number of carbonyl (C=O) groups excluding carboxylic acids is 1. The number of hydrogen-bond acceptors (Lipinski definition) is 1. The van der Waals surface area contributed by atoms with Gasteiger partial charge in [0.15, 0.2) is 0 Å². The normalized spacial score (nSPS) is 11.2. The zero-order chi connectivity index (χ0) is 15.3. The number of amides is 2. The van der Waals surface area contributed by atoms with Gasteiger partial charge in [0, 0.05) is 12.2 Å². The van der Waals surface area contributed by atoms with E-state index in [0.717, 1.165) is 5.69 Å². The van der Waals surface area contributed by atoms with Crippen LogP contribution in [0.4, 0.5) is 10.5 Å². The van der Waals surface area contributed by atoms with Gasteiger partial charge in [-0.25, -0.2) is 4.79 Å². The molecule has 0 unspecified atom stereocenters. The van der Waals surface area contributed by atoms with Crippen molar-refractivity contribution in [2.75, 3.05) is 11.9 Å². The summed E-state index contributed by atoms with van der Waals surface area (Å²) in [5.41, 5.74) is 3.35. The Kier molecular flexibility index (Phi) is 6.05. The summed E-state index contributed by atoms with van der Waals surface area (Å²) in [6.07, 6.45) is 0. The number of hydrogen-bond donors (Lipinski definition) is 2. The SMILES string of the molecule is CC(C)CNC(=O)Nc1c(C(C)C)cccc1C(C)C. The van der Waals surface area contributed by atoms with Gasteiger partial charge in [0.25, 0.3) is 0 Å². The molecule has 3 heteroatoms. The fraction of sp³-hybridized carbons (Fsp3) is 0.588. The second kappa shape index (κ2) is 7.32. The summed E-state index contributed by atoms with van der Waals surface area (Å²) in [5.74, 6) is 1.22. The Morgan fingerprint density at radius 2 is 1.50 bits per heavy atom. The van der Waals surface area contributed by atoms with E-state index in [1.807, 2.05) is 0 Å². The predicted octanol–water partition coefficient (Wildman–Crippen LogP) is 4.71. The number of anilines is 1. The van der Waals surface area contributed by atoms with Crippen LogP contribution in [0.3, 0.4) is 0 Å². The lowest BCUT2D eigenvalue weighted by Crippen LogP contribution is -2.32. The van der Waals surface area contributed by atoms with E-state index in [0.29, 0.717) is 24.3 Å². The largest absolute Gasteiger partial charge is 0.338 e. The van der Waals surface area contributed by atoms with E-state index >= 15 is 0 Å². The first-order valence-corrected chi connectivity index (χ1v) is 7.50. The molecule has 0 atom stereocenters. The summed E-state index contributed by atoms with van der Waals surface area (Å²) in [7, 11) is 0. The van der Waals surface area contributed by atoms with E-state index in [1.165, 1.54) is 11.1 Å². The molecule has 0 saturated carbocycles. The lowest BCUT2D eigenvalue weighted by Gasteiger charge is -2.20. The third kappa shape index (κ3) is 4.55. The fourth-order valence-electron chi connectivity index (χ4n) is 2.15. The van der Waals surface area contributed by atoms with Crippen LogP contribution in [0.2, 0.25) is 0 Å². The zero-order valence-corrected chi connectivity index (χ0v) is 13.6. The zero-order valence-electron chi connectivity index (χ0n) is 13.6. The summed E-state index contributed by atoms with van der Waals surface area (Å²) in [6, 6.07) is 6.14. The van der Waals surface area contributed by atoms with Gasteiger partial charge >= 0.3 is 6.03 Å². The molecule has 20 heavy (non-hydrogen) atoms. The fourth-order valence-corrected chi connectivity index (χ4v) is 2.15. The minimum atomic E-state index is -0.117. The summed E-state index contributed by atoms with van der Waals surface area (Å²) in [4.78, 5) is 12.0. The molecule has 112 valence electrons. The van der Waals surface area contributed by atoms with Crippen LogP contribution in [0, 0.1) is 5.92 Å². The standard InChI is InChI=1S/C17H28N2O/c1-11(2)10-18-17(20)19-16-14(12(3)4)8-7-9-15(16)13(5)6/h7-9,11-13H,10H2,1-6H3,(H2,18,19,20). The third-order valence-electron chi connectivity index (χ3n) is 3.28. The molecule has 0 aliphatic heterocycles. The van der Waals surface area contributed by atoms with E-state index in [1.54, 1.807) is 0 Å². The van der Waals surface area contributed by atoms with Gasteiger partial charge in [-0.15, -0.1) is 0 Å². The molecule has 0 saturated heterocycles. The van der Waals surface area contributed by atoms with Gasteiger partial charge in [-0.3, -0.25) is 0 Å². The first-order chi connectivity index (χ1) is 9.32. The molecule has 0 fully saturated rings. The molecule has 0 bridgehead atoms. The molecule has 2 amide bonds. The predicted molar refractivity (Wildman–Crippen MR) is 86.5 cm³/mol. The van der Waals surface area contributed by atoms with Crippen LogP contribution in [0.5, 0.6) is 0 Å². The van der Waals surface area contributed by atoms with Crippen LogP contribution >= 0.6 is 0 Å². The van der Waals surface area contributed by atoms with Gasteiger partial charge in [0.2, 0.25) is 0 Å². The summed E-state index contributed by atoms with van der Waals surface area (Å²) >= 11 is 0. The van der Waals surface area contributed by atoms with E-state index in [-0.39, 0.29) is 6.03 Å². The summed E-state index contributed by atoms with van der Waals surface area (Å²) in [5, 5.41) is 5.96. The maximum absolute atomic E-state index is 12.0. The van der Waals surface area contributed by atoms with Gasteiger partial charge in [-0.05, 0) is 28.9 Å². The number of para-hydroxylation sites is 1. The van der Waals surface area contributed by atoms with Crippen molar-refractivity contribution < 1.29 is 4.79 Å². The monoisotopic (exact) mass is 276 g/mol. The topological polar surface area (TPSA) is 41.1 Å². The number of urea groups is 1. The van der Waals surface area contributed by atoms with E-state index < -0.39 is 0 Å². The number of nitrogens with one attached hydrogen (secondary N) is 2. The van der Waals surface area contributed by atoms with Crippen molar-refractivity contribution in [3.8, 4) is 0 Å². The van der Waals surface area contributed by atoms with Crippen molar-refractivity contribution in [2.24, 2.45) is 5.92 Å². The maximum Gasteiger partial charge on any atom is 0.319 e. The van der Waals surface area contributed by atoms with Crippen LogP contribution in [0.15, 0.2) is 18.2 Å². The lowest BCUT2D eigenvalue weighted by atomic mass is 9.93. The van der Waals surface area contributed by atoms with Gasteiger partial charge < -0.3 is 10.6 Å². The number of carbonyl (C=O) groups is 1. The average Bonchev–Trinajstić information content (AvgIpc) is 2.36. The van der Waals surface area contributed by atoms with Crippen molar-refractivity contribution in [1.82, 2.24) is 5.32 Å². The molecule has 2 N–H and O–H groups in total. The molecule has 3 nitrogen and oxygen atoms in total. The highest BCUT2D eigenvalue weighted by Gasteiger charge is 2.15. The van der Waals surface area contributed by atoms with Crippen LogP contribution in [-0.4, -0.2) is 12.6 Å². The first kappa shape index (κ1) is 16.5. The molecular formula is C17H28N2O. The Labute approximate surface area is 123 Å². The Bertz CT molecular complexity index is 424. The second-order valence-electron chi connectivity index (χ2n) is 6.35. The van der Waals surface area contributed by atoms with E-state index in [4.69, 9.17) is 0 Å². The second-order valence-corrected chi connectivity index (χ2v) is 6.35. The number of benzene rings is 1.